The van der Waals surface area contributed by atoms with E-state index >= 15 is 0 Å². The van der Waals surface area contributed by atoms with Crippen molar-refractivity contribution in [2.24, 2.45) is 5.92 Å². The van der Waals surface area contributed by atoms with Crippen molar-refractivity contribution in [2.45, 2.75) is 31.9 Å². The zero-order valence-electron chi connectivity index (χ0n) is 9.04. The fraction of sp³-hybridized carbons (Fsp3) is 0.818. The van der Waals surface area contributed by atoms with E-state index in [0.29, 0.717) is 12.5 Å². The van der Waals surface area contributed by atoms with Crippen molar-refractivity contribution in [2.75, 3.05) is 20.6 Å². The lowest BCUT2D eigenvalue weighted by molar-refractivity contribution is -0.923. The minimum atomic E-state index is -0.882. The molecule has 1 N–H and O–H groups in total. The van der Waals surface area contributed by atoms with Gasteiger partial charge < -0.3 is 9.59 Å². The lowest BCUT2D eigenvalue weighted by atomic mass is 9.79. The third-order valence-corrected chi connectivity index (χ3v) is 3.61. The van der Waals surface area contributed by atoms with Gasteiger partial charge in [0.2, 0.25) is 0 Å². The van der Waals surface area contributed by atoms with Crippen molar-refractivity contribution >= 4 is 0 Å². The number of hydrogen-bond acceptors (Lipinski definition) is 1. The average molecular weight is 182 g/mol. The molecule has 0 amide bonds. The minimum absolute atomic E-state index is 0.184. The number of piperidine rings is 1. The number of likely N-dealkylation sites (tertiary alicyclic amines) is 1. The van der Waals surface area contributed by atoms with Gasteiger partial charge in [0.1, 0.15) is 5.60 Å². The monoisotopic (exact) mass is 182 g/mol. The molecule has 1 aliphatic rings. The van der Waals surface area contributed by atoms with Crippen LogP contribution in [0, 0.1) is 18.3 Å². The quantitative estimate of drug-likeness (QED) is 0.435. The Morgan fingerprint density at radius 2 is 2.00 bits per heavy atom. The van der Waals surface area contributed by atoms with E-state index in [0.717, 1.165) is 11.0 Å². The Bertz CT molecular complexity index is 241. The molecule has 13 heavy (non-hydrogen) atoms. The number of aliphatic hydroxyl groups is 1. The predicted molar refractivity (Wildman–Crippen MR) is 54.0 cm³/mol. The first kappa shape index (κ1) is 10.6. The van der Waals surface area contributed by atoms with Crippen LogP contribution in [0.3, 0.4) is 0 Å². The number of rotatable bonds is 0. The first-order valence-corrected chi connectivity index (χ1v) is 4.84. The molecule has 1 aliphatic heterocycles. The highest BCUT2D eigenvalue weighted by molar-refractivity contribution is 5.11. The van der Waals surface area contributed by atoms with Gasteiger partial charge in [-0.05, 0) is 6.92 Å². The van der Waals surface area contributed by atoms with Crippen molar-refractivity contribution in [3.05, 3.63) is 0 Å². The molecule has 1 rings (SSSR count). The zero-order chi connectivity index (χ0) is 10.3. The van der Waals surface area contributed by atoms with Gasteiger partial charge in [-0.25, -0.2) is 0 Å². The lowest BCUT2D eigenvalue weighted by Gasteiger charge is -2.48. The van der Waals surface area contributed by atoms with E-state index in [9.17, 15) is 5.11 Å². The smallest absolute Gasteiger partial charge is 0.138 e. The van der Waals surface area contributed by atoms with E-state index in [2.05, 4.69) is 26.9 Å². The van der Waals surface area contributed by atoms with Gasteiger partial charge in [0.25, 0.3) is 0 Å². The Morgan fingerprint density at radius 1 is 1.46 bits per heavy atom. The summed E-state index contributed by atoms with van der Waals surface area (Å²) in [6.45, 7) is 5.13. The van der Waals surface area contributed by atoms with Crippen LogP contribution in [0.4, 0.5) is 0 Å². The predicted octanol–water partition coefficient (Wildman–Crippen LogP) is 0.855. The summed E-state index contributed by atoms with van der Waals surface area (Å²) in [6, 6.07) is 0.428. The Morgan fingerprint density at radius 3 is 2.46 bits per heavy atom. The third-order valence-electron chi connectivity index (χ3n) is 3.61. The summed E-state index contributed by atoms with van der Waals surface area (Å²) < 4.78 is 0.950. The molecule has 1 saturated heterocycles. The van der Waals surface area contributed by atoms with Gasteiger partial charge in [0, 0.05) is 12.3 Å². The van der Waals surface area contributed by atoms with Crippen molar-refractivity contribution in [1.82, 2.24) is 0 Å². The van der Waals surface area contributed by atoms with Crippen molar-refractivity contribution in [3.8, 4) is 12.3 Å². The van der Waals surface area contributed by atoms with Crippen molar-refractivity contribution < 1.29 is 9.59 Å². The highest BCUT2D eigenvalue weighted by atomic mass is 16.3. The van der Waals surface area contributed by atoms with Gasteiger partial charge in [0.15, 0.2) is 0 Å². The van der Waals surface area contributed by atoms with Gasteiger partial charge in [-0.1, -0.05) is 12.8 Å². The summed E-state index contributed by atoms with van der Waals surface area (Å²) in [5, 5.41) is 10.1. The molecule has 0 saturated carbocycles. The molecule has 0 aliphatic carbocycles. The third kappa shape index (κ3) is 1.72. The Hall–Kier alpha value is -0.520. The van der Waals surface area contributed by atoms with E-state index in [1.807, 2.05) is 6.92 Å². The molecule has 0 aromatic carbocycles. The molecule has 2 nitrogen and oxygen atoms in total. The summed E-state index contributed by atoms with van der Waals surface area (Å²) in [6.07, 6.45) is 6.08. The van der Waals surface area contributed by atoms with Crippen LogP contribution in [0.15, 0.2) is 0 Å². The molecule has 3 unspecified atom stereocenters. The summed E-state index contributed by atoms with van der Waals surface area (Å²) in [5.41, 5.74) is -0.882. The van der Waals surface area contributed by atoms with Crippen molar-refractivity contribution in [1.29, 1.82) is 0 Å². The van der Waals surface area contributed by atoms with Gasteiger partial charge in [-0.3, -0.25) is 0 Å². The van der Waals surface area contributed by atoms with Crippen LogP contribution < -0.4 is 0 Å². The average Bonchev–Trinajstić information content (AvgIpc) is 2.01. The molecule has 0 aromatic rings. The van der Waals surface area contributed by atoms with E-state index < -0.39 is 5.60 Å². The van der Waals surface area contributed by atoms with Crippen LogP contribution >= 0.6 is 0 Å². The highest BCUT2D eigenvalue weighted by Crippen LogP contribution is 2.33. The first-order chi connectivity index (χ1) is 5.82. The first-order valence-electron chi connectivity index (χ1n) is 4.84. The maximum Gasteiger partial charge on any atom is 0.138 e. The maximum absolute atomic E-state index is 10.1. The highest BCUT2D eigenvalue weighted by Gasteiger charge is 2.46. The number of nitrogens with zero attached hydrogens (tertiary/aromatic N) is 1. The molecule has 3 atom stereocenters. The van der Waals surface area contributed by atoms with E-state index in [4.69, 9.17) is 6.42 Å². The molecular formula is C11H20NO+. The second-order valence-corrected chi connectivity index (χ2v) is 4.98. The molecule has 0 radical (unpaired) electrons. The van der Waals surface area contributed by atoms with Gasteiger partial charge >= 0.3 is 0 Å². The second kappa shape index (κ2) is 3.01. The Labute approximate surface area is 81.1 Å². The molecule has 0 spiro atoms. The normalized spacial score (nSPS) is 44.0. The molecule has 0 bridgehead atoms. The summed E-state index contributed by atoms with van der Waals surface area (Å²) in [5.74, 6) is 2.73. The fourth-order valence-corrected chi connectivity index (χ4v) is 2.14. The van der Waals surface area contributed by atoms with Crippen LogP contribution in [0.2, 0.25) is 0 Å². The largest absolute Gasteiger partial charge is 0.377 e. The molecule has 0 aromatic heterocycles. The van der Waals surface area contributed by atoms with Gasteiger partial charge in [0.05, 0.1) is 26.7 Å². The standard InChI is InChI=1S/C11H20NO/c1-6-11(13)7-10(3)12(4,5)8-9(11)2/h1,9-10,13H,7-8H2,2-5H3/q+1. The molecular weight excluding hydrogens is 162 g/mol. The van der Waals surface area contributed by atoms with E-state index in [1.54, 1.807) is 0 Å². The number of hydrogen-bond donors (Lipinski definition) is 1. The summed E-state index contributed by atoms with van der Waals surface area (Å²) in [7, 11) is 4.38. The van der Waals surface area contributed by atoms with E-state index in [1.165, 1.54) is 0 Å². The maximum atomic E-state index is 10.1. The van der Waals surface area contributed by atoms with Crippen LogP contribution in [0.1, 0.15) is 20.3 Å². The van der Waals surface area contributed by atoms with Crippen LogP contribution in [0.5, 0.6) is 0 Å². The number of quaternary nitrogens is 1. The molecule has 2 heteroatoms. The SMILES string of the molecule is C#CC1(O)CC(C)[N+](C)(C)CC1C. The van der Waals surface area contributed by atoms with Crippen LogP contribution in [-0.2, 0) is 0 Å². The second-order valence-electron chi connectivity index (χ2n) is 4.98. The molecule has 74 valence electrons. The molecule has 1 heterocycles. The van der Waals surface area contributed by atoms with Crippen molar-refractivity contribution in [3.63, 3.8) is 0 Å². The Balaban J connectivity index is 2.87. The minimum Gasteiger partial charge on any atom is -0.377 e. The topological polar surface area (TPSA) is 20.2 Å². The molecule has 1 fully saturated rings. The van der Waals surface area contributed by atoms with E-state index in [-0.39, 0.29) is 5.92 Å². The van der Waals surface area contributed by atoms with Gasteiger partial charge in [-0.15, -0.1) is 6.42 Å². The zero-order valence-corrected chi connectivity index (χ0v) is 9.04. The van der Waals surface area contributed by atoms with Crippen LogP contribution in [-0.4, -0.2) is 41.9 Å². The van der Waals surface area contributed by atoms with Crippen LogP contribution in [0.25, 0.3) is 0 Å². The summed E-state index contributed by atoms with van der Waals surface area (Å²) in [4.78, 5) is 0. The fourth-order valence-electron chi connectivity index (χ4n) is 2.14. The number of terminal acetylenes is 1. The Kier molecular flexibility index (Phi) is 2.44. The summed E-state index contributed by atoms with van der Waals surface area (Å²) >= 11 is 0. The van der Waals surface area contributed by atoms with Gasteiger partial charge in [-0.2, -0.15) is 0 Å². The lowest BCUT2D eigenvalue weighted by Crippen LogP contribution is -2.61.